The van der Waals surface area contributed by atoms with E-state index in [0.29, 0.717) is 6.42 Å². The molecule has 1 atom stereocenters. The Morgan fingerprint density at radius 1 is 1.00 bits per heavy atom. The first-order valence-corrected chi connectivity index (χ1v) is 6.62. The number of halogens is 1. The van der Waals surface area contributed by atoms with Crippen molar-refractivity contribution in [3.05, 3.63) is 59.2 Å². The Kier molecular flexibility index (Phi) is 6.21. The first kappa shape index (κ1) is 16.7. The van der Waals surface area contributed by atoms with Gasteiger partial charge in [0, 0.05) is 6.04 Å². The maximum atomic E-state index is 9.03. The molecule has 1 unspecified atom stereocenters. The van der Waals surface area contributed by atoms with Crippen molar-refractivity contribution in [3.63, 3.8) is 0 Å². The number of benzene rings is 2. The van der Waals surface area contributed by atoms with Gasteiger partial charge >= 0.3 is 0 Å². The summed E-state index contributed by atoms with van der Waals surface area (Å²) in [6.45, 7) is 4.25. The van der Waals surface area contributed by atoms with Crippen molar-refractivity contribution in [2.24, 2.45) is 5.73 Å². The first-order chi connectivity index (χ1) is 9.08. The van der Waals surface area contributed by atoms with Crippen molar-refractivity contribution >= 4 is 12.4 Å². The summed E-state index contributed by atoms with van der Waals surface area (Å²) in [5.74, 6) is 0. The monoisotopic (exact) mass is 291 g/mol. The molecule has 0 aliphatic heterocycles. The third-order valence-electron chi connectivity index (χ3n) is 3.21. The third-order valence-corrected chi connectivity index (χ3v) is 3.21. The van der Waals surface area contributed by atoms with Crippen LogP contribution >= 0.6 is 12.4 Å². The summed E-state index contributed by atoms with van der Waals surface area (Å²) < 4.78 is 0. The van der Waals surface area contributed by atoms with E-state index >= 15 is 0 Å². The van der Waals surface area contributed by atoms with Gasteiger partial charge in [0.05, 0.1) is 6.61 Å². The van der Waals surface area contributed by atoms with E-state index in [9.17, 15) is 0 Å². The van der Waals surface area contributed by atoms with Gasteiger partial charge in [-0.15, -0.1) is 12.4 Å². The van der Waals surface area contributed by atoms with Crippen LogP contribution in [0.25, 0.3) is 11.1 Å². The molecule has 3 heteroatoms. The molecule has 108 valence electrons. The number of hydrogen-bond acceptors (Lipinski definition) is 2. The normalized spacial score (nSPS) is 11.8. The zero-order valence-corrected chi connectivity index (χ0v) is 12.8. The van der Waals surface area contributed by atoms with Crippen LogP contribution in [0.1, 0.15) is 16.7 Å². The van der Waals surface area contributed by atoms with Crippen LogP contribution in [-0.4, -0.2) is 17.8 Å². The molecule has 0 spiro atoms. The fraction of sp³-hybridized carbons (Fsp3) is 0.294. The van der Waals surface area contributed by atoms with E-state index < -0.39 is 0 Å². The van der Waals surface area contributed by atoms with Crippen molar-refractivity contribution in [2.45, 2.75) is 26.3 Å². The van der Waals surface area contributed by atoms with Crippen LogP contribution in [0.2, 0.25) is 0 Å². The van der Waals surface area contributed by atoms with Gasteiger partial charge in [-0.1, -0.05) is 53.6 Å². The van der Waals surface area contributed by atoms with Gasteiger partial charge in [-0.25, -0.2) is 0 Å². The summed E-state index contributed by atoms with van der Waals surface area (Å²) in [7, 11) is 0. The van der Waals surface area contributed by atoms with Crippen LogP contribution in [0.5, 0.6) is 0 Å². The van der Waals surface area contributed by atoms with E-state index in [2.05, 4.69) is 50.2 Å². The van der Waals surface area contributed by atoms with E-state index in [0.717, 1.165) is 0 Å². The lowest BCUT2D eigenvalue weighted by Crippen LogP contribution is -2.26. The lowest BCUT2D eigenvalue weighted by atomic mass is 9.97. The highest BCUT2D eigenvalue weighted by Crippen LogP contribution is 2.23. The van der Waals surface area contributed by atoms with Crippen molar-refractivity contribution in [1.29, 1.82) is 0 Å². The molecule has 0 saturated heterocycles. The van der Waals surface area contributed by atoms with Gasteiger partial charge in [-0.3, -0.25) is 0 Å². The number of aryl methyl sites for hydroxylation is 2. The molecule has 0 saturated carbocycles. The molecule has 0 amide bonds. The second-order valence-electron chi connectivity index (χ2n) is 5.22. The Morgan fingerprint density at radius 2 is 1.65 bits per heavy atom. The van der Waals surface area contributed by atoms with Crippen molar-refractivity contribution in [2.75, 3.05) is 6.61 Å². The van der Waals surface area contributed by atoms with E-state index in [1.165, 1.54) is 27.8 Å². The van der Waals surface area contributed by atoms with E-state index in [4.69, 9.17) is 10.8 Å². The minimum Gasteiger partial charge on any atom is -0.395 e. The maximum Gasteiger partial charge on any atom is 0.0585 e. The minimum atomic E-state index is -0.186. The van der Waals surface area contributed by atoms with Crippen LogP contribution in [-0.2, 0) is 6.42 Å². The molecule has 0 fully saturated rings. The average Bonchev–Trinajstić information content (AvgIpc) is 2.38. The number of nitrogens with two attached hydrogens (primary N) is 1. The first-order valence-electron chi connectivity index (χ1n) is 6.62. The molecule has 0 heterocycles. The fourth-order valence-corrected chi connectivity index (χ4v) is 2.39. The molecule has 0 aliphatic carbocycles. The van der Waals surface area contributed by atoms with Gasteiger partial charge in [0.25, 0.3) is 0 Å². The van der Waals surface area contributed by atoms with Gasteiger partial charge in [-0.05, 0) is 37.0 Å². The molecule has 0 bridgehead atoms. The number of hydrogen-bond donors (Lipinski definition) is 2. The molecule has 20 heavy (non-hydrogen) atoms. The Bertz CT molecular complexity index is 548. The highest BCUT2D eigenvalue weighted by molar-refractivity contribution is 5.85. The zero-order valence-electron chi connectivity index (χ0n) is 12.0. The predicted octanol–water partition coefficient (Wildman–Crippen LogP) is 3.25. The van der Waals surface area contributed by atoms with Gasteiger partial charge in [0.1, 0.15) is 0 Å². The van der Waals surface area contributed by atoms with Crippen molar-refractivity contribution in [3.8, 4) is 11.1 Å². The standard InChI is InChI=1S/C17H21NO.ClH/c1-12-6-13(2)8-16(7-12)15-5-3-4-14(9-15)10-17(18)11-19;/h3-9,17,19H,10-11,18H2,1-2H3;1H. The minimum absolute atomic E-state index is 0. The molecule has 0 radical (unpaired) electrons. The Balaban J connectivity index is 0.00000200. The molecule has 3 N–H and O–H groups in total. The molecule has 2 aromatic rings. The van der Waals surface area contributed by atoms with Crippen LogP contribution < -0.4 is 5.73 Å². The summed E-state index contributed by atoms with van der Waals surface area (Å²) >= 11 is 0. The summed E-state index contributed by atoms with van der Waals surface area (Å²) in [5, 5.41) is 9.03. The summed E-state index contributed by atoms with van der Waals surface area (Å²) in [6.07, 6.45) is 0.704. The molecular weight excluding hydrogens is 270 g/mol. The van der Waals surface area contributed by atoms with E-state index in [-0.39, 0.29) is 25.1 Å². The van der Waals surface area contributed by atoms with Gasteiger partial charge in [0.2, 0.25) is 0 Å². The summed E-state index contributed by atoms with van der Waals surface area (Å²) in [5.41, 5.74) is 11.9. The van der Waals surface area contributed by atoms with Crippen LogP contribution in [0.4, 0.5) is 0 Å². The van der Waals surface area contributed by atoms with E-state index in [1.807, 2.05) is 6.07 Å². The topological polar surface area (TPSA) is 46.2 Å². The lowest BCUT2D eigenvalue weighted by Gasteiger charge is -2.10. The van der Waals surface area contributed by atoms with Crippen molar-refractivity contribution in [1.82, 2.24) is 0 Å². The molecular formula is C17H22ClNO. The fourth-order valence-electron chi connectivity index (χ4n) is 2.39. The molecule has 2 aromatic carbocycles. The van der Waals surface area contributed by atoms with Crippen molar-refractivity contribution < 1.29 is 5.11 Å². The molecule has 2 nitrogen and oxygen atoms in total. The molecule has 2 rings (SSSR count). The second kappa shape index (κ2) is 7.44. The number of aliphatic hydroxyl groups excluding tert-OH is 1. The molecule has 0 aromatic heterocycles. The maximum absolute atomic E-state index is 9.03. The van der Waals surface area contributed by atoms with Gasteiger partial charge in [-0.2, -0.15) is 0 Å². The quantitative estimate of drug-likeness (QED) is 0.908. The van der Waals surface area contributed by atoms with Crippen LogP contribution in [0.15, 0.2) is 42.5 Å². The predicted molar refractivity (Wildman–Crippen MR) is 87.4 cm³/mol. The SMILES string of the molecule is Cc1cc(C)cc(-c2cccc(CC(N)CO)c2)c1.Cl. The molecule has 0 aliphatic rings. The number of aliphatic hydroxyl groups is 1. The largest absolute Gasteiger partial charge is 0.395 e. The highest BCUT2D eigenvalue weighted by atomic mass is 35.5. The van der Waals surface area contributed by atoms with E-state index in [1.54, 1.807) is 0 Å². The summed E-state index contributed by atoms with van der Waals surface area (Å²) in [6, 6.07) is 14.8. The van der Waals surface area contributed by atoms with Gasteiger partial charge in [0.15, 0.2) is 0 Å². The average molecular weight is 292 g/mol. The lowest BCUT2D eigenvalue weighted by molar-refractivity contribution is 0.265. The smallest absolute Gasteiger partial charge is 0.0585 e. The third kappa shape index (κ3) is 4.34. The summed E-state index contributed by atoms with van der Waals surface area (Å²) in [4.78, 5) is 0. The van der Waals surface area contributed by atoms with Crippen LogP contribution in [0.3, 0.4) is 0 Å². The van der Waals surface area contributed by atoms with Gasteiger partial charge < -0.3 is 10.8 Å². The highest BCUT2D eigenvalue weighted by Gasteiger charge is 2.05. The Hall–Kier alpha value is -1.35. The number of rotatable bonds is 4. The Labute approximate surface area is 127 Å². The Morgan fingerprint density at radius 3 is 2.25 bits per heavy atom. The van der Waals surface area contributed by atoms with Crippen LogP contribution in [0, 0.1) is 13.8 Å². The zero-order chi connectivity index (χ0) is 13.8. The second-order valence-corrected chi connectivity index (χ2v) is 5.22.